The molecular formula is C10H10Cl2N2O2. The van der Waals surface area contributed by atoms with E-state index in [0.29, 0.717) is 15.6 Å². The maximum atomic E-state index is 11.0. The summed E-state index contributed by atoms with van der Waals surface area (Å²) in [7, 11) is 0. The van der Waals surface area contributed by atoms with Crippen LogP contribution in [0.2, 0.25) is 10.0 Å². The summed E-state index contributed by atoms with van der Waals surface area (Å²) in [6, 6.07) is 5.06. The van der Waals surface area contributed by atoms with E-state index in [1.54, 1.807) is 18.2 Å². The normalized spacial score (nSPS) is 12.8. The Hall–Kier alpha value is -1.10. The van der Waals surface area contributed by atoms with Crippen molar-refractivity contribution in [1.82, 2.24) is 5.43 Å². The van der Waals surface area contributed by atoms with Crippen LogP contribution in [0.5, 0.6) is 0 Å². The number of carbonyl (C=O) groups excluding carboxylic acids is 1. The largest absolute Gasteiger partial charge is 0.383 e. The van der Waals surface area contributed by atoms with Crippen LogP contribution in [0.25, 0.3) is 0 Å². The van der Waals surface area contributed by atoms with Gasteiger partial charge in [-0.1, -0.05) is 35.3 Å². The predicted octanol–water partition coefficient (Wildman–Crippen LogP) is 1.82. The van der Waals surface area contributed by atoms with E-state index in [4.69, 9.17) is 28.3 Å². The Morgan fingerprint density at radius 2 is 2.25 bits per heavy atom. The van der Waals surface area contributed by atoms with Crippen LogP contribution in [0.3, 0.4) is 0 Å². The van der Waals surface area contributed by atoms with E-state index < -0.39 is 12.0 Å². The number of amides is 1. The van der Waals surface area contributed by atoms with Gasteiger partial charge in [-0.3, -0.25) is 4.79 Å². The predicted molar refractivity (Wildman–Crippen MR) is 63.9 cm³/mol. The molecule has 0 spiro atoms. The molecule has 0 radical (unpaired) electrons. The average molecular weight is 261 g/mol. The van der Waals surface area contributed by atoms with E-state index >= 15 is 0 Å². The van der Waals surface area contributed by atoms with Crippen molar-refractivity contribution >= 4 is 35.3 Å². The molecule has 0 aliphatic carbocycles. The molecule has 0 saturated carbocycles. The van der Waals surface area contributed by atoms with Gasteiger partial charge < -0.3 is 5.11 Å². The lowest BCUT2D eigenvalue weighted by Gasteiger charge is -2.02. The first-order chi connectivity index (χ1) is 7.52. The average Bonchev–Trinajstić information content (AvgIpc) is 2.24. The Kier molecular flexibility index (Phi) is 4.73. The highest BCUT2D eigenvalue weighted by Gasteiger charge is 2.06. The molecule has 2 N–H and O–H groups in total. The van der Waals surface area contributed by atoms with E-state index in [2.05, 4.69) is 10.5 Å². The van der Waals surface area contributed by atoms with Crippen LogP contribution in [-0.2, 0) is 4.79 Å². The highest BCUT2D eigenvalue weighted by atomic mass is 35.5. The zero-order valence-electron chi connectivity index (χ0n) is 8.45. The molecule has 0 aromatic heterocycles. The Balaban J connectivity index is 2.70. The summed E-state index contributed by atoms with van der Waals surface area (Å²) >= 11 is 11.7. The summed E-state index contributed by atoms with van der Waals surface area (Å²) in [5.74, 6) is -0.589. The van der Waals surface area contributed by atoms with Crippen LogP contribution < -0.4 is 5.43 Å². The maximum Gasteiger partial charge on any atom is 0.268 e. The van der Waals surface area contributed by atoms with Gasteiger partial charge in [-0.25, -0.2) is 5.43 Å². The molecule has 0 aliphatic rings. The van der Waals surface area contributed by atoms with Gasteiger partial charge in [0.05, 0.1) is 16.3 Å². The summed E-state index contributed by atoms with van der Waals surface area (Å²) < 4.78 is 0. The first kappa shape index (κ1) is 13.0. The van der Waals surface area contributed by atoms with Crippen LogP contribution in [0.15, 0.2) is 23.3 Å². The standard InChI is InChI=1S/C10H10Cl2N2O2/c1-6(15)10(16)14-13-5-7-3-2-4-8(11)9(7)12/h2-6,15H,1H3,(H,14,16)/b13-5-/t6-/m1/s1. The Labute approximate surface area is 103 Å². The fraction of sp³-hybridized carbons (Fsp3) is 0.200. The minimum atomic E-state index is -1.10. The van der Waals surface area contributed by atoms with Gasteiger partial charge in [-0.2, -0.15) is 5.10 Å². The Morgan fingerprint density at radius 1 is 1.56 bits per heavy atom. The van der Waals surface area contributed by atoms with Crippen molar-refractivity contribution in [3.63, 3.8) is 0 Å². The number of rotatable bonds is 3. The Bertz CT molecular complexity index is 419. The SMILES string of the molecule is C[C@@H](O)C(=O)N/N=C\c1cccc(Cl)c1Cl. The molecule has 0 bridgehead atoms. The van der Waals surface area contributed by atoms with Gasteiger partial charge in [0.15, 0.2) is 0 Å². The Morgan fingerprint density at radius 3 is 2.88 bits per heavy atom. The van der Waals surface area contributed by atoms with E-state index in [-0.39, 0.29) is 0 Å². The summed E-state index contributed by atoms with van der Waals surface area (Å²) in [6.07, 6.45) is 0.251. The van der Waals surface area contributed by atoms with E-state index in [1.807, 2.05) is 0 Å². The van der Waals surface area contributed by atoms with Crippen molar-refractivity contribution < 1.29 is 9.90 Å². The molecule has 1 amide bonds. The van der Waals surface area contributed by atoms with Crippen LogP contribution in [0.1, 0.15) is 12.5 Å². The monoisotopic (exact) mass is 260 g/mol. The molecule has 4 nitrogen and oxygen atoms in total. The molecule has 6 heteroatoms. The van der Waals surface area contributed by atoms with Gasteiger partial charge in [-0.05, 0) is 13.0 Å². The zero-order chi connectivity index (χ0) is 12.1. The zero-order valence-corrected chi connectivity index (χ0v) is 9.96. The van der Waals surface area contributed by atoms with Crippen LogP contribution >= 0.6 is 23.2 Å². The smallest absolute Gasteiger partial charge is 0.268 e. The lowest BCUT2D eigenvalue weighted by molar-refractivity contribution is -0.128. The molecule has 0 saturated heterocycles. The number of carbonyl (C=O) groups is 1. The molecule has 0 fully saturated rings. The summed E-state index contributed by atoms with van der Waals surface area (Å²) in [5.41, 5.74) is 2.74. The van der Waals surface area contributed by atoms with E-state index in [0.717, 1.165) is 0 Å². The van der Waals surface area contributed by atoms with Crippen molar-refractivity contribution in [3.05, 3.63) is 33.8 Å². The first-order valence-corrected chi connectivity index (χ1v) is 5.23. The van der Waals surface area contributed by atoms with Crippen molar-refractivity contribution in [2.75, 3.05) is 0 Å². The highest BCUT2D eigenvalue weighted by Crippen LogP contribution is 2.23. The van der Waals surface area contributed by atoms with Crippen LogP contribution in [0, 0.1) is 0 Å². The van der Waals surface area contributed by atoms with Crippen molar-refractivity contribution in [2.24, 2.45) is 5.10 Å². The van der Waals surface area contributed by atoms with Gasteiger partial charge in [0.25, 0.3) is 5.91 Å². The molecule has 0 aliphatic heterocycles. The quantitative estimate of drug-likeness (QED) is 0.644. The van der Waals surface area contributed by atoms with Gasteiger partial charge in [0, 0.05) is 5.56 Å². The fourth-order valence-corrected chi connectivity index (χ4v) is 1.24. The number of hydrazone groups is 1. The maximum absolute atomic E-state index is 11.0. The lowest BCUT2D eigenvalue weighted by atomic mass is 10.2. The van der Waals surface area contributed by atoms with Crippen molar-refractivity contribution in [1.29, 1.82) is 0 Å². The molecule has 0 unspecified atom stereocenters. The van der Waals surface area contributed by atoms with Crippen molar-refractivity contribution in [3.8, 4) is 0 Å². The highest BCUT2D eigenvalue weighted by molar-refractivity contribution is 6.43. The summed E-state index contributed by atoms with van der Waals surface area (Å²) in [6.45, 7) is 1.34. The van der Waals surface area contributed by atoms with Crippen molar-refractivity contribution in [2.45, 2.75) is 13.0 Å². The second-order valence-corrected chi connectivity index (χ2v) is 3.84. The van der Waals surface area contributed by atoms with E-state index in [9.17, 15) is 4.79 Å². The minimum Gasteiger partial charge on any atom is -0.383 e. The number of aliphatic hydroxyl groups excluding tert-OH is 1. The molecule has 1 atom stereocenters. The topological polar surface area (TPSA) is 61.7 Å². The molecule has 86 valence electrons. The second-order valence-electron chi connectivity index (χ2n) is 3.05. The van der Waals surface area contributed by atoms with Crippen LogP contribution in [0.4, 0.5) is 0 Å². The third-order valence-electron chi connectivity index (χ3n) is 1.74. The summed E-state index contributed by atoms with van der Waals surface area (Å²) in [4.78, 5) is 11.0. The molecule has 1 aromatic carbocycles. The molecular weight excluding hydrogens is 251 g/mol. The number of hydrogen-bond donors (Lipinski definition) is 2. The fourth-order valence-electron chi connectivity index (χ4n) is 0.879. The summed E-state index contributed by atoms with van der Waals surface area (Å²) in [5, 5.41) is 13.3. The molecule has 1 rings (SSSR count). The third kappa shape index (κ3) is 3.48. The third-order valence-corrected chi connectivity index (χ3v) is 2.57. The van der Waals surface area contributed by atoms with Gasteiger partial charge in [0.1, 0.15) is 6.10 Å². The van der Waals surface area contributed by atoms with Gasteiger partial charge in [-0.15, -0.1) is 0 Å². The number of benzene rings is 1. The first-order valence-electron chi connectivity index (χ1n) is 4.47. The number of aliphatic hydroxyl groups is 1. The number of halogens is 2. The lowest BCUT2D eigenvalue weighted by Crippen LogP contribution is -2.28. The number of nitrogens with zero attached hydrogens (tertiary/aromatic N) is 1. The van der Waals surface area contributed by atoms with Gasteiger partial charge >= 0.3 is 0 Å². The minimum absolute atomic E-state index is 0.360. The number of hydrogen-bond acceptors (Lipinski definition) is 3. The van der Waals surface area contributed by atoms with Gasteiger partial charge in [0.2, 0.25) is 0 Å². The van der Waals surface area contributed by atoms with E-state index in [1.165, 1.54) is 13.1 Å². The van der Waals surface area contributed by atoms with Crippen LogP contribution in [-0.4, -0.2) is 23.3 Å². The second kappa shape index (κ2) is 5.84. The molecule has 1 aromatic rings. The number of nitrogens with one attached hydrogen (secondary N) is 1. The molecule has 0 heterocycles. The molecule has 16 heavy (non-hydrogen) atoms.